The Kier molecular flexibility index (Phi) is 5.03. The molecule has 2 fully saturated rings. The predicted molar refractivity (Wildman–Crippen MR) is 62.0 cm³/mol. The Bertz CT molecular complexity index is 187. The fourth-order valence-electron chi connectivity index (χ4n) is 2.48. The monoisotopic (exact) mass is 227 g/mol. The van der Waals surface area contributed by atoms with Gasteiger partial charge < -0.3 is 9.64 Å². The van der Waals surface area contributed by atoms with E-state index >= 15 is 0 Å². The summed E-state index contributed by atoms with van der Waals surface area (Å²) >= 11 is 0. The van der Waals surface area contributed by atoms with Gasteiger partial charge in [-0.2, -0.15) is 0 Å². The maximum atomic E-state index is 10.8. The van der Waals surface area contributed by atoms with Crippen molar-refractivity contribution in [2.24, 2.45) is 5.92 Å². The van der Waals surface area contributed by atoms with Crippen molar-refractivity contribution < 1.29 is 9.84 Å². The van der Waals surface area contributed by atoms with E-state index in [4.69, 9.17) is 4.74 Å². The minimum absolute atomic E-state index is 0.122. The lowest BCUT2D eigenvalue weighted by atomic mass is 9.98. The Morgan fingerprint density at radius 2 is 1.50 bits per heavy atom. The predicted octanol–water partition coefficient (Wildman–Crippen LogP) is 0.461. The minimum Gasteiger partial charge on any atom is -0.379 e. The Labute approximate surface area is 98.2 Å². The van der Waals surface area contributed by atoms with Crippen LogP contribution >= 0.6 is 0 Å². The van der Waals surface area contributed by atoms with Gasteiger partial charge in [-0.1, -0.05) is 0 Å². The topological polar surface area (TPSA) is 35.6 Å². The lowest BCUT2D eigenvalue weighted by Gasteiger charge is -2.33. The van der Waals surface area contributed by atoms with Gasteiger partial charge in [0, 0.05) is 26.2 Å². The highest BCUT2D eigenvalue weighted by molar-refractivity contribution is 4.73. The van der Waals surface area contributed by atoms with Gasteiger partial charge in [-0.15, -0.1) is 0 Å². The molecule has 0 spiro atoms. The first-order valence-corrected chi connectivity index (χ1v) is 6.49. The molecule has 2 aliphatic rings. The van der Waals surface area contributed by atoms with Crippen LogP contribution in [0.15, 0.2) is 0 Å². The second-order valence-electron chi connectivity index (χ2n) is 4.91. The van der Waals surface area contributed by atoms with Crippen molar-refractivity contribution in [2.75, 3.05) is 59.1 Å². The number of ether oxygens (including phenoxy) is 1. The summed E-state index contributed by atoms with van der Waals surface area (Å²) in [4.78, 5) is 4.98. The molecule has 1 radical (unpaired) electrons. The van der Waals surface area contributed by atoms with Gasteiger partial charge in [0.05, 0.1) is 19.8 Å². The number of morpholine rings is 1. The molecule has 2 aliphatic heterocycles. The Hall–Kier alpha value is -0.160. The van der Waals surface area contributed by atoms with E-state index in [0.717, 1.165) is 65.3 Å². The quantitative estimate of drug-likeness (QED) is 0.700. The zero-order valence-corrected chi connectivity index (χ0v) is 10.1. The second kappa shape index (κ2) is 6.55. The van der Waals surface area contributed by atoms with Gasteiger partial charge >= 0.3 is 0 Å². The highest BCUT2D eigenvalue weighted by atomic mass is 16.5. The molecule has 0 aromatic carbocycles. The van der Waals surface area contributed by atoms with Gasteiger partial charge in [0.2, 0.25) is 0 Å². The van der Waals surface area contributed by atoms with Crippen molar-refractivity contribution in [1.82, 2.24) is 9.80 Å². The molecule has 0 aliphatic carbocycles. The summed E-state index contributed by atoms with van der Waals surface area (Å²) in [5.74, 6) is 0.444. The van der Waals surface area contributed by atoms with E-state index in [9.17, 15) is 5.11 Å². The lowest BCUT2D eigenvalue weighted by molar-refractivity contribution is 0.0292. The average molecular weight is 227 g/mol. The van der Waals surface area contributed by atoms with Crippen molar-refractivity contribution >= 4 is 0 Å². The number of rotatable bonds is 4. The maximum absolute atomic E-state index is 10.8. The van der Waals surface area contributed by atoms with Crippen LogP contribution in [-0.2, 0) is 9.84 Å². The number of likely N-dealkylation sites (tertiary alicyclic amines) is 1. The molecule has 4 heteroatoms. The zero-order valence-electron chi connectivity index (χ0n) is 10.1. The van der Waals surface area contributed by atoms with E-state index in [2.05, 4.69) is 9.80 Å². The largest absolute Gasteiger partial charge is 0.379 e. The summed E-state index contributed by atoms with van der Waals surface area (Å²) < 4.78 is 5.33. The van der Waals surface area contributed by atoms with Crippen molar-refractivity contribution in [2.45, 2.75) is 12.8 Å². The summed E-state index contributed by atoms with van der Waals surface area (Å²) in [5.41, 5.74) is 0. The minimum atomic E-state index is 0.122. The van der Waals surface area contributed by atoms with Crippen LogP contribution in [0.2, 0.25) is 0 Å². The smallest absolute Gasteiger partial charge is 0.0851 e. The molecular weight excluding hydrogens is 204 g/mol. The molecule has 0 aromatic rings. The summed E-state index contributed by atoms with van der Waals surface area (Å²) in [6.45, 7) is 8.62. The maximum Gasteiger partial charge on any atom is 0.0851 e. The molecule has 0 N–H and O–H groups in total. The van der Waals surface area contributed by atoms with Gasteiger partial charge in [0.15, 0.2) is 0 Å². The SMILES string of the molecule is [O]CC1CCN(CCN2CCOCC2)CC1. The normalized spacial score (nSPS) is 26.1. The molecular formula is C12H23N2O2. The molecule has 0 amide bonds. The fraction of sp³-hybridized carbons (Fsp3) is 1.00. The molecule has 16 heavy (non-hydrogen) atoms. The molecule has 2 heterocycles. The average Bonchev–Trinajstić information content (AvgIpc) is 2.38. The zero-order chi connectivity index (χ0) is 11.2. The van der Waals surface area contributed by atoms with Crippen molar-refractivity contribution in [3.8, 4) is 0 Å². The van der Waals surface area contributed by atoms with Crippen LogP contribution in [-0.4, -0.2) is 68.9 Å². The van der Waals surface area contributed by atoms with Crippen LogP contribution in [0, 0.1) is 5.92 Å². The van der Waals surface area contributed by atoms with Crippen LogP contribution in [0.5, 0.6) is 0 Å². The summed E-state index contributed by atoms with van der Waals surface area (Å²) in [7, 11) is 0. The van der Waals surface area contributed by atoms with Gasteiger partial charge in [0.1, 0.15) is 0 Å². The molecule has 0 bridgehead atoms. The van der Waals surface area contributed by atoms with Crippen molar-refractivity contribution in [3.63, 3.8) is 0 Å². The third kappa shape index (κ3) is 3.70. The van der Waals surface area contributed by atoms with Gasteiger partial charge in [0.25, 0.3) is 0 Å². The van der Waals surface area contributed by atoms with Crippen LogP contribution < -0.4 is 0 Å². The van der Waals surface area contributed by atoms with E-state index in [1.807, 2.05) is 0 Å². The molecule has 2 saturated heterocycles. The number of hydrogen-bond acceptors (Lipinski definition) is 3. The summed E-state index contributed by atoms with van der Waals surface area (Å²) in [6, 6.07) is 0. The van der Waals surface area contributed by atoms with Crippen molar-refractivity contribution in [3.05, 3.63) is 0 Å². The van der Waals surface area contributed by atoms with E-state index in [0.29, 0.717) is 5.92 Å². The first kappa shape index (κ1) is 12.3. The molecule has 0 atom stereocenters. The Balaban J connectivity index is 1.59. The Morgan fingerprint density at radius 3 is 2.06 bits per heavy atom. The van der Waals surface area contributed by atoms with E-state index in [-0.39, 0.29) is 6.61 Å². The van der Waals surface area contributed by atoms with Crippen LogP contribution in [0.1, 0.15) is 12.8 Å². The third-order valence-corrected chi connectivity index (χ3v) is 3.78. The van der Waals surface area contributed by atoms with Gasteiger partial charge in [-0.05, 0) is 31.8 Å². The Morgan fingerprint density at radius 1 is 0.938 bits per heavy atom. The standard InChI is InChI=1S/C12H23N2O2/c15-11-12-1-3-13(4-2-12)5-6-14-7-9-16-10-8-14/h12H,1-11H2. The lowest BCUT2D eigenvalue weighted by Crippen LogP contribution is -2.43. The van der Waals surface area contributed by atoms with Crippen molar-refractivity contribution in [1.29, 1.82) is 0 Å². The summed E-state index contributed by atoms with van der Waals surface area (Å²) in [5, 5.41) is 10.8. The molecule has 2 rings (SSSR count). The third-order valence-electron chi connectivity index (χ3n) is 3.78. The van der Waals surface area contributed by atoms with E-state index < -0.39 is 0 Å². The fourth-order valence-corrected chi connectivity index (χ4v) is 2.48. The highest BCUT2D eigenvalue weighted by Gasteiger charge is 2.19. The van der Waals surface area contributed by atoms with Gasteiger partial charge in [-0.25, -0.2) is 5.11 Å². The van der Waals surface area contributed by atoms with Crippen LogP contribution in [0.4, 0.5) is 0 Å². The number of piperidine rings is 1. The number of nitrogens with zero attached hydrogens (tertiary/aromatic N) is 2. The van der Waals surface area contributed by atoms with E-state index in [1.54, 1.807) is 0 Å². The first-order chi connectivity index (χ1) is 7.88. The van der Waals surface area contributed by atoms with Crippen LogP contribution in [0.25, 0.3) is 0 Å². The molecule has 4 nitrogen and oxygen atoms in total. The molecule has 0 aromatic heterocycles. The van der Waals surface area contributed by atoms with Crippen LogP contribution in [0.3, 0.4) is 0 Å². The summed E-state index contributed by atoms with van der Waals surface area (Å²) in [6.07, 6.45) is 2.21. The molecule has 0 saturated carbocycles. The molecule has 93 valence electrons. The molecule has 0 unspecified atom stereocenters. The second-order valence-corrected chi connectivity index (χ2v) is 4.91. The van der Waals surface area contributed by atoms with E-state index in [1.165, 1.54) is 0 Å². The van der Waals surface area contributed by atoms with Gasteiger partial charge in [-0.3, -0.25) is 4.90 Å². The number of hydrogen-bond donors (Lipinski definition) is 0. The first-order valence-electron chi connectivity index (χ1n) is 6.49. The highest BCUT2D eigenvalue weighted by Crippen LogP contribution is 2.16.